The molecular formula is C26H27ClF2N2O2. The summed E-state index contributed by atoms with van der Waals surface area (Å²) in [6.45, 7) is 1.95. The normalized spacial score (nSPS) is 21.7. The van der Waals surface area contributed by atoms with Crippen LogP contribution in [0, 0.1) is 23.0 Å². The Bertz CT molecular complexity index is 1130. The van der Waals surface area contributed by atoms with Crippen LogP contribution in [0.5, 0.6) is 0 Å². The van der Waals surface area contributed by atoms with Crippen LogP contribution in [0.25, 0.3) is 11.8 Å². The maximum atomic E-state index is 13.8. The molecule has 0 spiro atoms. The van der Waals surface area contributed by atoms with E-state index in [0.717, 1.165) is 16.9 Å². The number of benzene rings is 2. The summed E-state index contributed by atoms with van der Waals surface area (Å²) in [5, 5.41) is 26.2. The molecule has 0 radical (unpaired) electrons. The van der Waals surface area contributed by atoms with E-state index in [2.05, 4.69) is 12.0 Å². The van der Waals surface area contributed by atoms with Gasteiger partial charge in [0.1, 0.15) is 11.6 Å². The molecule has 33 heavy (non-hydrogen) atoms. The maximum Gasteiger partial charge on any atom is 0.125 e. The van der Waals surface area contributed by atoms with Crippen molar-refractivity contribution in [2.24, 2.45) is 11.3 Å². The van der Waals surface area contributed by atoms with Crippen LogP contribution in [0.15, 0.2) is 54.7 Å². The number of halogens is 3. The Morgan fingerprint density at radius 2 is 1.94 bits per heavy atom. The molecule has 0 aliphatic heterocycles. The Hall–Kier alpha value is -2.54. The molecule has 0 fully saturated rings. The van der Waals surface area contributed by atoms with Crippen molar-refractivity contribution in [2.75, 3.05) is 6.61 Å². The third-order valence-corrected chi connectivity index (χ3v) is 7.02. The van der Waals surface area contributed by atoms with Gasteiger partial charge in [0.05, 0.1) is 23.7 Å². The number of rotatable bonds is 5. The second-order valence-electron chi connectivity index (χ2n) is 8.93. The van der Waals surface area contributed by atoms with Gasteiger partial charge in [-0.25, -0.2) is 13.5 Å². The molecule has 3 aromatic rings. The Morgan fingerprint density at radius 1 is 1.18 bits per heavy atom. The van der Waals surface area contributed by atoms with E-state index in [-0.39, 0.29) is 29.8 Å². The number of aliphatic hydroxyl groups excluding tert-OH is 2. The highest BCUT2D eigenvalue weighted by Crippen LogP contribution is 2.44. The van der Waals surface area contributed by atoms with Gasteiger partial charge in [0.15, 0.2) is 0 Å². The van der Waals surface area contributed by atoms with E-state index in [0.29, 0.717) is 24.8 Å². The molecule has 0 bridgehead atoms. The van der Waals surface area contributed by atoms with Crippen LogP contribution in [0.3, 0.4) is 0 Å². The lowest BCUT2D eigenvalue weighted by atomic mass is 9.67. The fourth-order valence-corrected chi connectivity index (χ4v) is 4.98. The Labute approximate surface area is 197 Å². The summed E-state index contributed by atoms with van der Waals surface area (Å²) in [5.74, 6) is -0.802. The van der Waals surface area contributed by atoms with E-state index in [1.807, 2.05) is 12.2 Å². The summed E-state index contributed by atoms with van der Waals surface area (Å²) in [5.41, 5.74) is 2.51. The van der Waals surface area contributed by atoms with Crippen molar-refractivity contribution in [1.29, 1.82) is 0 Å². The molecule has 174 valence electrons. The molecule has 1 aliphatic rings. The second kappa shape index (κ2) is 9.75. The number of nitrogens with zero attached hydrogens (tertiary/aromatic N) is 2. The third kappa shape index (κ3) is 5.03. The molecule has 1 aliphatic carbocycles. The summed E-state index contributed by atoms with van der Waals surface area (Å²) < 4.78 is 29.0. The van der Waals surface area contributed by atoms with Crippen molar-refractivity contribution >= 4 is 17.7 Å². The standard InChI is InChI=1S/C26H27ClF2N2O2/c1-17-10-19-15-30-31(23-7-5-21(28)6-8-23)24(19)4-2-3-9-26(17,16-32)14-25(33)18-11-20(27)13-22(29)12-18/h2,4-8,11-13,15,17,25,32-33H,3,9-10,14,16H2,1H3. The molecule has 4 rings (SSSR count). The van der Waals surface area contributed by atoms with Gasteiger partial charge in [-0.1, -0.05) is 24.6 Å². The second-order valence-corrected chi connectivity index (χ2v) is 9.37. The Balaban J connectivity index is 1.63. The van der Waals surface area contributed by atoms with Crippen LogP contribution >= 0.6 is 11.6 Å². The first kappa shape index (κ1) is 23.6. The highest BCUT2D eigenvalue weighted by Gasteiger charge is 2.38. The van der Waals surface area contributed by atoms with Crippen molar-refractivity contribution in [2.45, 2.75) is 38.7 Å². The lowest BCUT2D eigenvalue weighted by Crippen LogP contribution is -2.36. The molecule has 0 saturated heterocycles. The maximum absolute atomic E-state index is 13.8. The minimum atomic E-state index is -0.959. The van der Waals surface area contributed by atoms with Crippen LogP contribution in [-0.2, 0) is 6.42 Å². The van der Waals surface area contributed by atoms with E-state index in [9.17, 15) is 19.0 Å². The lowest BCUT2D eigenvalue weighted by molar-refractivity contribution is 0.00381. The quantitative estimate of drug-likeness (QED) is 0.486. The van der Waals surface area contributed by atoms with Gasteiger partial charge >= 0.3 is 0 Å². The zero-order valence-corrected chi connectivity index (χ0v) is 19.1. The fourth-order valence-electron chi connectivity index (χ4n) is 4.75. The van der Waals surface area contributed by atoms with E-state index in [1.165, 1.54) is 24.3 Å². The Morgan fingerprint density at radius 3 is 2.64 bits per heavy atom. The minimum absolute atomic E-state index is 0.00528. The van der Waals surface area contributed by atoms with Crippen molar-refractivity contribution in [3.8, 4) is 5.69 Å². The Kier molecular flexibility index (Phi) is 6.98. The molecule has 2 N–H and O–H groups in total. The SMILES string of the molecule is CC1Cc2cnn(-c3ccc(F)cc3)c2C=CCCC1(CO)CC(O)c1cc(F)cc(Cl)c1. The first-order valence-corrected chi connectivity index (χ1v) is 11.4. The minimum Gasteiger partial charge on any atom is -0.396 e. The van der Waals surface area contributed by atoms with Crippen LogP contribution in [0.2, 0.25) is 5.02 Å². The van der Waals surface area contributed by atoms with Gasteiger partial charge in [-0.15, -0.1) is 0 Å². The van der Waals surface area contributed by atoms with Gasteiger partial charge in [-0.3, -0.25) is 0 Å². The first-order chi connectivity index (χ1) is 15.8. The number of aliphatic hydroxyl groups is 2. The topological polar surface area (TPSA) is 58.3 Å². The molecule has 4 nitrogen and oxygen atoms in total. The van der Waals surface area contributed by atoms with Gasteiger partial charge in [0.25, 0.3) is 0 Å². The monoisotopic (exact) mass is 472 g/mol. The predicted octanol–water partition coefficient (Wildman–Crippen LogP) is 5.89. The third-order valence-electron chi connectivity index (χ3n) is 6.80. The summed E-state index contributed by atoms with van der Waals surface area (Å²) in [6.07, 6.45) is 7.15. The zero-order valence-electron chi connectivity index (χ0n) is 18.4. The van der Waals surface area contributed by atoms with Gasteiger partial charge in [-0.05, 0) is 96.7 Å². The van der Waals surface area contributed by atoms with E-state index in [4.69, 9.17) is 11.6 Å². The van der Waals surface area contributed by atoms with E-state index < -0.39 is 17.3 Å². The number of aromatic nitrogens is 2. The number of hydrogen-bond acceptors (Lipinski definition) is 3. The summed E-state index contributed by atoms with van der Waals surface area (Å²) >= 11 is 5.98. The van der Waals surface area contributed by atoms with Gasteiger partial charge in [0, 0.05) is 11.6 Å². The van der Waals surface area contributed by atoms with Crippen LogP contribution in [0.1, 0.15) is 49.1 Å². The van der Waals surface area contributed by atoms with Gasteiger partial charge < -0.3 is 10.2 Å². The molecule has 1 heterocycles. The van der Waals surface area contributed by atoms with Crippen molar-refractivity contribution in [3.63, 3.8) is 0 Å². The van der Waals surface area contributed by atoms with Crippen molar-refractivity contribution in [3.05, 3.63) is 88.2 Å². The molecule has 0 saturated carbocycles. The van der Waals surface area contributed by atoms with Crippen LogP contribution in [-0.4, -0.2) is 26.6 Å². The molecular weight excluding hydrogens is 446 g/mol. The summed E-state index contributed by atoms with van der Waals surface area (Å²) in [7, 11) is 0. The van der Waals surface area contributed by atoms with Gasteiger partial charge in [0.2, 0.25) is 0 Å². The average Bonchev–Trinajstić information content (AvgIpc) is 3.19. The molecule has 7 heteroatoms. The van der Waals surface area contributed by atoms with Crippen molar-refractivity contribution in [1.82, 2.24) is 9.78 Å². The summed E-state index contributed by atoms with van der Waals surface area (Å²) in [6, 6.07) is 10.2. The number of fused-ring (bicyclic) bond motifs is 1. The first-order valence-electron chi connectivity index (χ1n) is 11.1. The highest BCUT2D eigenvalue weighted by atomic mass is 35.5. The van der Waals surface area contributed by atoms with Crippen LogP contribution in [0.4, 0.5) is 8.78 Å². The van der Waals surface area contributed by atoms with E-state index >= 15 is 0 Å². The molecule has 3 unspecified atom stereocenters. The number of hydrogen-bond donors (Lipinski definition) is 2. The van der Waals surface area contributed by atoms with E-state index in [1.54, 1.807) is 29.1 Å². The lowest BCUT2D eigenvalue weighted by Gasteiger charge is -2.39. The summed E-state index contributed by atoms with van der Waals surface area (Å²) in [4.78, 5) is 0. The fraction of sp³-hybridized carbons (Fsp3) is 0.346. The zero-order chi connectivity index (χ0) is 23.6. The predicted molar refractivity (Wildman–Crippen MR) is 125 cm³/mol. The highest BCUT2D eigenvalue weighted by molar-refractivity contribution is 6.30. The van der Waals surface area contributed by atoms with Gasteiger partial charge in [-0.2, -0.15) is 5.10 Å². The largest absolute Gasteiger partial charge is 0.396 e. The molecule has 3 atom stereocenters. The average molecular weight is 473 g/mol. The van der Waals surface area contributed by atoms with Crippen molar-refractivity contribution < 1.29 is 19.0 Å². The smallest absolute Gasteiger partial charge is 0.125 e. The van der Waals surface area contributed by atoms with Crippen LogP contribution < -0.4 is 0 Å². The number of allylic oxidation sites excluding steroid dienone is 1. The molecule has 2 aromatic carbocycles. The molecule has 1 aromatic heterocycles. The molecule has 0 amide bonds.